The quantitative estimate of drug-likeness (QED) is 0.688. The van der Waals surface area contributed by atoms with Crippen molar-refractivity contribution in [1.29, 1.82) is 0 Å². The first-order valence-electron chi connectivity index (χ1n) is 7.01. The van der Waals surface area contributed by atoms with Crippen LogP contribution in [0, 0.1) is 0 Å². The number of hydrogen-bond acceptors (Lipinski definition) is 3. The highest BCUT2D eigenvalue weighted by Gasteiger charge is 2.31. The molecule has 0 spiro atoms. The first-order valence-corrected chi connectivity index (χ1v) is 7.01. The summed E-state index contributed by atoms with van der Waals surface area (Å²) in [5.74, 6) is -0.916. The lowest BCUT2D eigenvalue weighted by atomic mass is 10.0. The monoisotopic (exact) mass is 272 g/mol. The maximum Gasteiger partial charge on any atom is 0.326 e. The number of urea groups is 1. The van der Waals surface area contributed by atoms with E-state index in [1.807, 2.05) is 6.92 Å². The number of piperidine rings is 1. The lowest BCUT2D eigenvalue weighted by Crippen LogP contribution is -2.52. The maximum atomic E-state index is 11.9. The number of rotatable bonds is 7. The zero-order valence-electron chi connectivity index (χ0n) is 11.6. The average molecular weight is 272 g/mol. The van der Waals surface area contributed by atoms with Crippen molar-refractivity contribution < 1.29 is 19.4 Å². The second-order valence-corrected chi connectivity index (χ2v) is 4.74. The highest BCUT2D eigenvalue weighted by Crippen LogP contribution is 2.17. The van der Waals surface area contributed by atoms with Gasteiger partial charge in [0.2, 0.25) is 0 Å². The lowest BCUT2D eigenvalue weighted by Gasteiger charge is -2.32. The van der Waals surface area contributed by atoms with Gasteiger partial charge in [-0.05, 0) is 32.1 Å². The first kappa shape index (κ1) is 15.8. The van der Waals surface area contributed by atoms with Crippen LogP contribution in [0.1, 0.15) is 39.0 Å². The Hall–Kier alpha value is -1.30. The van der Waals surface area contributed by atoms with E-state index in [1.165, 1.54) is 4.90 Å². The molecule has 0 aromatic carbocycles. The minimum absolute atomic E-state index is 0.275. The number of carbonyl (C=O) groups excluding carboxylic acids is 1. The summed E-state index contributed by atoms with van der Waals surface area (Å²) in [6, 6.07) is -0.951. The van der Waals surface area contributed by atoms with Gasteiger partial charge in [-0.2, -0.15) is 0 Å². The van der Waals surface area contributed by atoms with E-state index in [0.717, 1.165) is 32.3 Å². The van der Waals surface area contributed by atoms with E-state index in [4.69, 9.17) is 9.84 Å². The maximum absolute atomic E-state index is 11.9. The fraction of sp³-hybridized carbons (Fsp3) is 0.846. The fourth-order valence-corrected chi connectivity index (χ4v) is 2.15. The summed E-state index contributed by atoms with van der Waals surface area (Å²) in [4.78, 5) is 24.4. The van der Waals surface area contributed by atoms with E-state index < -0.39 is 12.0 Å². The number of carboxylic acid groups (broad SMARTS) is 1. The molecule has 19 heavy (non-hydrogen) atoms. The minimum atomic E-state index is -0.916. The van der Waals surface area contributed by atoms with Gasteiger partial charge in [0.15, 0.2) is 0 Å². The van der Waals surface area contributed by atoms with Crippen LogP contribution in [0.3, 0.4) is 0 Å². The molecule has 1 heterocycles. The van der Waals surface area contributed by atoms with Gasteiger partial charge >= 0.3 is 12.0 Å². The Morgan fingerprint density at radius 1 is 1.37 bits per heavy atom. The van der Waals surface area contributed by atoms with Crippen molar-refractivity contribution in [3.63, 3.8) is 0 Å². The SMILES string of the molecule is CCCOCCCNC(=O)N1CCCCC1C(=O)O. The number of ether oxygens (including phenoxy) is 1. The Morgan fingerprint density at radius 2 is 2.16 bits per heavy atom. The molecule has 6 nitrogen and oxygen atoms in total. The summed E-state index contributed by atoms with van der Waals surface area (Å²) in [5, 5.41) is 11.8. The number of amides is 2. The summed E-state index contributed by atoms with van der Waals surface area (Å²) in [6.07, 6.45) is 4.02. The molecule has 0 saturated carbocycles. The second kappa shape index (κ2) is 8.74. The van der Waals surface area contributed by atoms with E-state index in [-0.39, 0.29) is 6.03 Å². The smallest absolute Gasteiger partial charge is 0.326 e. The molecule has 1 atom stereocenters. The Kier molecular flexibility index (Phi) is 7.25. The molecule has 1 unspecified atom stereocenters. The molecule has 0 aromatic rings. The highest BCUT2D eigenvalue weighted by atomic mass is 16.5. The summed E-state index contributed by atoms with van der Waals surface area (Å²) in [7, 11) is 0. The predicted molar refractivity (Wildman–Crippen MR) is 71.1 cm³/mol. The Balaban J connectivity index is 2.25. The molecular weight excluding hydrogens is 248 g/mol. The van der Waals surface area contributed by atoms with Gasteiger partial charge in [-0.15, -0.1) is 0 Å². The normalized spacial score (nSPS) is 19.2. The molecule has 6 heteroatoms. The topological polar surface area (TPSA) is 78.9 Å². The van der Waals surface area contributed by atoms with Gasteiger partial charge in [0.25, 0.3) is 0 Å². The van der Waals surface area contributed by atoms with Crippen molar-refractivity contribution in [3.8, 4) is 0 Å². The Bertz CT molecular complexity index is 296. The Morgan fingerprint density at radius 3 is 2.84 bits per heavy atom. The van der Waals surface area contributed by atoms with Gasteiger partial charge < -0.3 is 20.1 Å². The number of carbonyl (C=O) groups is 2. The molecule has 2 N–H and O–H groups in total. The Labute approximate surface area is 114 Å². The minimum Gasteiger partial charge on any atom is -0.480 e. The molecule has 1 aliphatic heterocycles. The average Bonchev–Trinajstić information content (AvgIpc) is 2.42. The number of nitrogens with zero attached hydrogens (tertiary/aromatic N) is 1. The van der Waals surface area contributed by atoms with E-state index in [0.29, 0.717) is 26.1 Å². The highest BCUT2D eigenvalue weighted by molar-refractivity contribution is 5.82. The zero-order valence-corrected chi connectivity index (χ0v) is 11.6. The van der Waals surface area contributed by atoms with Crippen LogP contribution in [0.5, 0.6) is 0 Å². The number of likely N-dealkylation sites (tertiary alicyclic amines) is 1. The van der Waals surface area contributed by atoms with Crippen LogP contribution < -0.4 is 5.32 Å². The van der Waals surface area contributed by atoms with Crippen LogP contribution in [-0.2, 0) is 9.53 Å². The van der Waals surface area contributed by atoms with Gasteiger partial charge in [0, 0.05) is 26.3 Å². The third kappa shape index (κ3) is 5.46. The van der Waals surface area contributed by atoms with Gasteiger partial charge in [-0.1, -0.05) is 6.92 Å². The van der Waals surface area contributed by atoms with Gasteiger partial charge in [0.05, 0.1) is 0 Å². The summed E-state index contributed by atoms with van der Waals surface area (Å²) >= 11 is 0. The van der Waals surface area contributed by atoms with Crippen LogP contribution >= 0.6 is 0 Å². The fourth-order valence-electron chi connectivity index (χ4n) is 2.15. The van der Waals surface area contributed by atoms with Crippen LogP contribution in [0.25, 0.3) is 0 Å². The van der Waals surface area contributed by atoms with E-state index in [9.17, 15) is 9.59 Å². The molecule has 0 bridgehead atoms. The summed E-state index contributed by atoms with van der Waals surface area (Å²) < 4.78 is 5.31. The first-order chi connectivity index (χ1) is 9.16. The van der Waals surface area contributed by atoms with Crippen molar-refractivity contribution in [3.05, 3.63) is 0 Å². The molecular formula is C13H24N2O4. The third-order valence-electron chi connectivity index (χ3n) is 3.14. The van der Waals surface area contributed by atoms with E-state index >= 15 is 0 Å². The van der Waals surface area contributed by atoms with Gasteiger partial charge in [-0.25, -0.2) is 9.59 Å². The van der Waals surface area contributed by atoms with Gasteiger partial charge in [0.1, 0.15) is 6.04 Å². The largest absolute Gasteiger partial charge is 0.480 e. The van der Waals surface area contributed by atoms with Crippen LogP contribution in [0.15, 0.2) is 0 Å². The number of hydrogen-bond donors (Lipinski definition) is 2. The number of aliphatic carboxylic acids is 1. The molecule has 110 valence electrons. The summed E-state index contributed by atoms with van der Waals surface area (Å²) in [6.45, 7) is 4.45. The van der Waals surface area contributed by atoms with Crippen molar-refractivity contribution in [2.24, 2.45) is 0 Å². The summed E-state index contributed by atoms with van der Waals surface area (Å²) in [5.41, 5.74) is 0. The van der Waals surface area contributed by atoms with Crippen LogP contribution in [0.2, 0.25) is 0 Å². The van der Waals surface area contributed by atoms with Crippen molar-refractivity contribution in [2.75, 3.05) is 26.3 Å². The van der Waals surface area contributed by atoms with Crippen molar-refractivity contribution in [1.82, 2.24) is 10.2 Å². The molecule has 2 amide bonds. The number of carboxylic acids is 1. The van der Waals surface area contributed by atoms with E-state index in [1.54, 1.807) is 0 Å². The molecule has 0 radical (unpaired) electrons. The van der Waals surface area contributed by atoms with E-state index in [2.05, 4.69) is 5.32 Å². The molecule has 1 saturated heterocycles. The second-order valence-electron chi connectivity index (χ2n) is 4.74. The van der Waals surface area contributed by atoms with Gasteiger partial charge in [-0.3, -0.25) is 0 Å². The number of nitrogens with one attached hydrogen (secondary N) is 1. The van der Waals surface area contributed by atoms with Crippen LogP contribution in [-0.4, -0.2) is 54.4 Å². The molecule has 0 aliphatic carbocycles. The molecule has 1 rings (SSSR count). The van der Waals surface area contributed by atoms with Crippen LogP contribution in [0.4, 0.5) is 4.79 Å². The predicted octanol–water partition coefficient (Wildman–Crippen LogP) is 1.45. The molecule has 1 fully saturated rings. The lowest BCUT2D eigenvalue weighted by molar-refractivity contribution is -0.143. The zero-order chi connectivity index (χ0) is 14.1. The molecule has 1 aliphatic rings. The van der Waals surface area contributed by atoms with Crippen molar-refractivity contribution in [2.45, 2.75) is 45.1 Å². The standard InChI is InChI=1S/C13H24N2O4/c1-2-9-19-10-5-7-14-13(18)15-8-4-3-6-11(15)12(16)17/h11H,2-10H2,1H3,(H,14,18)(H,16,17). The van der Waals surface area contributed by atoms with Crippen molar-refractivity contribution >= 4 is 12.0 Å². The third-order valence-corrected chi connectivity index (χ3v) is 3.14. The molecule has 0 aromatic heterocycles.